The summed E-state index contributed by atoms with van der Waals surface area (Å²) in [6, 6.07) is 0. The number of hydrogen-bond acceptors (Lipinski definition) is 4. The van der Waals surface area contributed by atoms with E-state index in [0.717, 1.165) is 45.3 Å². The first-order valence-electron chi connectivity index (χ1n) is 8.56. The smallest absolute Gasteiger partial charge is 0.0589 e. The van der Waals surface area contributed by atoms with E-state index in [-0.39, 0.29) is 0 Å². The quantitative estimate of drug-likeness (QED) is 0.775. The summed E-state index contributed by atoms with van der Waals surface area (Å²) in [4.78, 5) is 2.46. The van der Waals surface area contributed by atoms with E-state index in [1.54, 1.807) is 14.2 Å². The summed E-state index contributed by atoms with van der Waals surface area (Å²) in [5.74, 6) is 1.24. The molecule has 0 amide bonds. The summed E-state index contributed by atoms with van der Waals surface area (Å²) >= 11 is 0. The van der Waals surface area contributed by atoms with Crippen molar-refractivity contribution in [2.75, 3.05) is 40.5 Å². The van der Waals surface area contributed by atoms with E-state index in [1.807, 2.05) is 0 Å². The Bertz CT molecular complexity index is 468. The highest BCUT2D eigenvalue weighted by Crippen LogP contribution is 2.31. The van der Waals surface area contributed by atoms with Crippen molar-refractivity contribution in [1.29, 1.82) is 0 Å². The Morgan fingerprint density at radius 3 is 2.77 bits per heavy atom. The molecule has 5 nitrogen and oxygen atoms in total. The van der Waals surface area contributed by atoms with E-state index in [1.165, 1.54) is 36.9 Å². The Kier molecular flexibility index (Phi) is 5.50. The Morgan fingerprint density at radius 1 is 1.23 bits per heavy atom. The van der Waals surface area contributed by atoms with Gasteiger partial charge in [0, 0.05) is 57.6 Å². The van der Waals surface area contributed by atoms with Crippen molar-refractivity contribution in [2.45, 2.75) is 44.7 Å². The van der Waals surface area contributed by atoms with Crippen LogP contribution in [-0.4, -0.2) is 55.2 Å². The lowest BCUT2D eigenvalue weighted by molar-refractivity contribution is 0.107. The van der Waals surface area contributed by atoms with Gasteiger partial charge in [-0.25, -0.2) is 0 Å². The zero-order valence-electron chi connectivity index (χ0n) is 14.0. The topological polar surface area (TPSA) is 39.5 Å². The fourth-order valence-corrected chi connectivity index (χ4v) is 4.04. The Hall–Kier alpha value is -0.910. The molecule has 0 unspecified atom stereocenters. The molecule has 1 fully saturated rings. The highest BCUT2D eigenvalue weighted by Gasteiger charge is 2.30. The van der Waals surface area contributed by atoms with E-state index in [0.29, 0.717) is 5.92 Å². The lowest BCUT2D eigenvalue weighted by atomic mass is 9.96. The first-order valence-corrected chi connectivity index (χ1v) is 8.56. The average molecular weight is 307 g/mol. The number of nitrogens with zero attached hydrogens (tertiary/aromatic N) is 3. The summed E-state index contributed by atoms with van der Waals surface area (Å²) < 4.78 is 13.0. The second-order valence-corrected chi connectivity index (χ2v) is 6.77. The minimum Gasteiger partial charge on any atom is -0.384 e. The van der Waals surface area contributed by atoms with Gasteiger partial charge in [0.2, 0.25) is 0 Å². The van der Waals surface area contributed by atoms with Gasteiger partial charge < -0.3 is 9.47 Å². The molecule has 2 aliphatic rings. The maximum absolute atomic E-state index is 5.49. The minimum absolute atomic E-state index is 0.425. The van der Waals surface area contributed by atoms with Gasteiger partial charge in [-0.3, -0.25) is 9.58 Å². The molecule has 22 heavy (non-hydrogen) atoms. The number of ether oxygens (including phenoxy) is 2. The molecule has 3 rings (SSSR count). The van der Waals surface area contributed by atoms with E-state index in [4.69, 9.17) is 14.6 Å². The lowest BCUT2D eigenvalue weighted by Crippen LogP contribution is -2.38. The first-order chi connectivity index (χ1) is 10.8. The van der Waals surface area contributed by atoms with Gasteiger partial charge in [-0.2, -0.15) is 5.10 Å². The number of hydrogen-bond donors (Lipinski definition) is 0. The number of methoxy groups -OCH3 is 2. The molecule has 1 atom stereocenters. The van der Waals surface area contributed by atoms with E-state index < -0.39 is 0 Å². The van der Waals surface area contributed by atoms with Gasteiger partial charge in [0.05, 0.1) is 19.4 Å². The predicted molar refractivity (Wildman–Crippen MR) is 86.0 cm³/mol. The van der Waals surface area contributed by atoms with Crippen LogP contribution < -0.4 is 0 Å². The molecular weight excluding hydrogens is 278 g/mol. The van der Waals surface area contributed by atoms with Gasteiger partial charge in [-0.05, 0) is 18.8 Å². The number of rotatable bonds is 7. The van der Waals surface area contributed by atoms with E-state index in [2.05, 4.69) is 15.8 Å². The Balaban J connectivity index is 1.74. The highest BCUT2D eigenvalue weighted by molar-refractivity contribution is 5.25. The van der Waals surface area contributed by atoms with Gasteiger partial charge in [-0.1, -0.05) is 12.8 Å². The monoisotopic (exact) mass is 307 g/mol. The average Bonchev–Trinajstić information content (AvgIpc) is 3.16. The molecule has 2 heterocycles. The van der Waals surface area contributed by atoms with Crippen LogP contribution >= 0.6 is 0 Å². The van der Waals surface area contributed by atoms with Gasteiger partial charge in [0.25, 0.3) is 0 Å². The van der Waals surface area contributed by atoms with Crippen LogP contribution in [0.1, 0.15) is 42.9 Å². The molecule has 0 aromatic carbocycles. The fourth-order valence-electron chi connectivity index (χ4n) is 4.04. The van der Waals surface area contributed by atoms with Crippen LogP contribution in [0.25, 0.3) is 0 Å². The summed E-state index contributed by atoms with van der Waals surface area (Å²) in [5.41, 5.74) is 2.80. The van der Waals surface area contributed by atoms with Crippen LogP contribution in [0, 0.1) is 5.92 Å². The molecule has 1 aromatic heterocycles. The van der Waals surface area contributed by atoms with Crippen LogP contribution in [-0.2, 0) is 22.6 Å². The molecule has 0 bridgehead atoms. The van der Waals surface area contributed by atoms with Crippen LogP contribution in [0.3, 0.4) is 0 Å². The highest BCUT2D eigenvalue weighted by atomic mass is 16.5. The fraction of sp³-hybridized carbons (Fsp3) is 0.824. The van der Waals surface area contributed by atoms with Crippen molar-refractivity contribution in [3.63, 3.8) is 0 Å². The normalized spacial score (nSPS) is 23.1. The van der Waals surface area contributed by atoms with Crippen LogP contribution in [0.5, 0.6) is 0 Å². The molecule has 5 heteroatoms. The van der Waals surface area contributed by atoms with Gasteiger partial charge in [0.15, 0.2) is 0 Å². The molecule has 1 aliphatic heterocycles. The zero-order valence-corrected chi connectivity index (χ0v) is 14.0. The van der Waals surface area contributed by atoms with E-state index in [9.17, 15) is 0 Å². The summed E-state index contributed by atoms with van der Waals surface area (Å²) in [6.07, 6.45) is 7.58. The SMILES string of the molecule is COCCN1Cc2cnn(CC3CCCC3)c2[C@H](COC)C1. The second-order valence-electron chi connectivity index (χ2n) is 6.77. The third kappa shape index (κ3) is 3.53. The summed E-state index contributed by atoms with van der Waals surface area (Å²) in [5, 5.41) is 4.71. The number of aromatic nitrogens is 2. The van der Waals surface area contributed by atoms with Crippen molar-refractivity contribution < 1.29 is 9.47 Å². The van der Waals surface area contributed by atoms with Crippen molar-refractivity contribution in [1.82, 2.24) is 14.7 Å². The zero-order chi connectivity index (χ0) is 15.4. The van der Waals surface area contributed by atoms with Gasteiger partial charge in [0.1, 0.15) is 0 Å². The van der Waals surface area contributed by atoms with Crippen LogP contribution in [0.4, 0.5) is 0 Å². The maximum atomic E-state index is 5.49. The molecule has 0 N–H and O–H groups in total. The van der Waals surface area contributed by atoms with Crippen molar-refractivity contribution in [3.05, 3.63) is 17.5 Å². The standard InChI is InChI=1S/C17H29N3O2/c1-21-8-7-19-11-15-9-18-20(10-14-5-3-4-6-14)17(15)16(12-19)13-22-2/h9,14,16H,3-8,10-13H2,1-2H3/t16-/m0/s1. The third-order valence-electron chi connectivity index (χ3n) is 5.10. The summed E-state index contributed by atoms with van der Waals surface area (Å²) in [6.45, 7) is 5.65. The molecule has 0 radical (unpaired) electrons. The molecular formula is C17H29N3O2. The van der Waals surface area contributed by atoms with Gasteiger partial charge in [-0.15, -0.1) is 0 Å². The first kappa shape index (κ1) is 16.0. The maximum Gasteiger partial charge on any atom is 0.0589 e. The third-order valence-corrected chi connectivity index (χ3v) is 5.10. The van der Waals surface area contributed by atoms with Gasteiger partial charge >= 0.3 is 0 Å². The largest absolute Gasteiger partial charge is 0.384 e. The second kappa shape index (κ2) is 7.57. The molecule has 1 aliphatic carbocycles. The molecule has 0 saturated heterocycles. The lowest BCUT2D eigenvalue weighted by Gasteiger charge is -2.33. The molecule has 1 aromatic rings. The molecule has 124 valence electrons. The van der Waals surface area contributed by atoms with Crippen LogP contribution in [0.2, 0.25) is 0 Å². The summed E-state index contributed by atoms with van der Waals surface area (Å²) in [7, 11) is 3.56. The van der Waals surface area contributed by atoms with E-state index >= 15 is 0 Å². The van der Waals surface area contributed by atoms with Crippen LogP contribution in [0.15, 0.2) is 6.20 Å². The number of fused-ring (bicyclic) bond motifs is 1. The Labute approximate surface area is 133 Å². The van der Waals surface area contributed by atoms with Crippen molar-refractivity contribution in [3.8, 4) is 0 Å². The van der Waals surface area contributed by atoms with Crippen molar-refractivity contribution in [2.24, 2.45) is 5.92 Å². The molecule has 0 spiro atoms. The molecule has 1 saturated carbocycles. The van der Waals surface area contributed by atoms with Crippen molar-refractivity contribution >= 4 is 0 Å². The Morgan fingerprint density at radius 2 is 2.05 bits per heavy atom. The minimum atomic E-state index is 0.425. The predicted octanol–water partition coefficient (Wildman–Crippen LogP) is 2.27.